The highest BCUT2D eigenvalue weighted by Crippen LogP contribution is 2.32. The lowest BCUT2D eigenvalue weighted by Gasteiger charge is -2.15. The SMILES string of the molecule is C=CCNCc1nnc2n1-c1cccc(Br)c1C(c1ccccc1Cl)=NC2. The van der Waals surface area contributed by atoms with Gasteiger partial charge in [0.2, 0.25) is 0 Å². The molecule has 0 saturated heterocycles. The summed E-state index contributed by atoms with van der Waals surface area (Å²) in [7, 11) is 0. The second-order valence-electron chi connectivity index (χ2n) is 6.07. The smallest absolute Gasteiger partial charge is 0.159 e. The number of fused-ring (bicyclic) bond motifs is 3. The second kappa shape index (κ2) is 7.76. The highest BCUT2D eigenvalue weighted by atomic mass is 79.9. The number of nitrogens with one attached hydrogen (secondary N) is 1. The Hall–Kier alpha value is -2.28. The minimum absolute atomic E-state index is 0.427. The maximum atomic E-state index is 6.48. The van der Waals surface area contributed by atoms with E-state index in [-0.39, 0.29) is 0 Å². The van der Waals surface area contributed by atoms with E-state index in [1.54, 1.807) is 0 Å². The van der Waals surface area contributed by atoms with Gasteiger partial charge in [0, 0.05) is 27.2 Å². The summed E-state index contributed by atoms with van der Waals surface area (Å²) < 4.78 is 3.02. The monoisotopic (exact) mass is 441 g/mol. The molecule has 0 spiro atoms. The van der Waals surface area contributed by atoms with Crippen LogP contribution in [0.4, 0.5) is 0 Å². The molecule has 4 rings (SSSR count). The van der Waals surface area contributed by atoms with Gasteiger partial charge in [-0.3, -0.25) is 9.56 Å². The van der Waals surface area contributed by atoms with Gasteiger partial charge in [-0.05, 0) is 18.2 Å². The molecule has 0 aliphatic carbocycles. The topological polar surface area (TPSA) is 55.1 Å². The molecule has 0 bridgehead atoms. The Balaban J connectivity index is 1.89. The summed E-state index contributed by atoms with van der Waals surface area (Å²) in [6, 6.07) is 13.8. The molecular formula is C20H17BrClN5. The van der Waals surface area contributed by atoms with Crippen LogP contribution in [0.15, 0.2) is 64.6 Å². The maximum absolute atomic E-state index is 6.48. The fraction of sp³-hybridized carbons (Fsp3) is 0.150. The highest BCUT2D eigenvalue weighted by Gasteiger charge is 2.25. The molecule has 0 atom stereocenters. The third-order valence-corrected chi connectivity index (χ3v) is 5.34. The second-order valence-corrected chi connectivity index (χ2v) is 7.33. The van der Waals surface area contributed by atoms with Crippen molar-refractivity contribution in [1.82, 2.24) is 20.1 Å². The van der Waals surface area contributed by atoms with E-state index in [9.17, 15) is 0 Å². The number of hydrogen-bond donors (Lipinski definition) is 1. The molecule has 0 amide bonds. The van der Waals surface area contributed by atoms with Crippen LogP contribution in [-0.4, -0.2) is 27.0 Å². The fourth-order valence-electron chi connectivity index (χ4n) is 3.17. The third-order valence-electron chi connectivity index (χ3n) is 4.35. The van der Waals surface area contributed by atoms with E-state index in [0.717, 1.165) is 38.6 Å². The largest absolute Gasteiger partial charge is 0.306 e. The molecule has 7 heteroatoms. The average molecular weight is 443 g/mol. The number of halogens is 2. The molecule has 0 fully saturated rings. The van der Waals surface area contributed by atoms with E-state index in [0.29, 0.717) is 24.7 Å². The number of rotatable bonds is 5. The predicted molar refractivity (Wildman–Crippen MR) is 112 cm³/mol. The van der Waals surface area contributed by atoms with Crippen molar-refractivity contribution in [2.75, 3.05) is 6.54 Å². The Morgan fingerprint density at radius 1 is 1.19 bits per heavy atom. The van der Waals surface area contributed by atoms with Gasteiger partial charge in [0.05, 0.1) is 17.9 Å². The van der Waals surface area contributed by atoms with Gasteiger partial charge in [0.15, 0.2) is 11.6 Å². The van der Waals surface area contributed by atoms with Crippen LogP contribution < -0.4 is 5.32 Å². The van der Waals surface area contributed by atoms with Gasteiger partial charge in [-0.1, -0.05) is 57.9 Å². The summed E-state index contributed by atoms with van der Waals surface area (Å²) in [5.74, 6) is 1.63. The van der Waals surface area contributed by atoms with Gasteiger partial charge in [0.1, 0.15) is 6.54 Å². The zero-order valence-electron chi connectivity index (χ0n) is 14.5. The van der Waals surface area contributed by atoms with Gasteiger partial charge in [-0.2, -0.15) is 0 Å². The Morgan fingerprint density at radius 2 is 2.04 bits per heavy atom. The van der Waals surface area contributed by atoms with Gasteiger partial charge in [0.25, 0.3) is 0 Å². The number of benzene rings is 2. The first kappa shape index (κ1) is 18.1. The molecule has 0 saturated carbocycles. The molecule has 2 aromatic carbocycles. The van der Waals surface area contributed by atoms with E-state index in [1.165, 1.54) is 0 Å². The summed E-state index contributed by atoms with van der Waals surface area (Å²) in [5, 5.41) is 12.7. The Morgan fingerprint density at radius 3 is 2.85 bits per heavy atom. The van der Waals surface area contributed by atoms with E-state index < -0.39 is 0 Å². The van der Waals surface area contributed by atoms with Crippen LogP contribution in [0, 0.1) is 0 Å². The van der Waals surface area contributed by atoms with Crippen molar-refractivity contribution in [3.05, 3.63) is 87.4 Å². The normalized spacial score (nSPS) is 12.7. The van der Waals surface area contributed by atoms with Crippen molar-refractivity contribution in [3.63, 3.8) is 0 Å². The molecule has 3 aromatic rings. The zero-order valence-corrected chi connectivity index (χ0v) is 16.8. The van der Waals surface area contributed by atoms with Crippen molar-refractivity contribution in [3.8, 4) is 5.69 Å². The molecule has 136 valence electrons. The average Bonchev–Trinajstić information content (AvgIpc) is 2.99. The molecule has 0 radical (unpaired) electrons. The van der Waals surface area contributed by atoms with Gasteiger partial charge < -0.3 is 5.32 Å². The maximum Gasteiger partial charge on any atom is 0.159 e. The van der Waals surface area contributed by atoms with Crippen molar-refractivity contribution in [2.24, 2.45) is 4.99 Å². The number of aromatic nitrogens is 3. The van der Waals surface area contributed by atoms with Gasteiger partial charge >= 0.3 is 0 Å². The summed E-state index contributed by atoms with van der Waals surface area (Å²) in [5.41, 5.74) is 3.71. The van der Waals surface area contributed by atoms with Crippen LogP contribution in [0.1, 0.15) is 22.8 Å². The van der Waals surface area contributed by atoms with E-state index in [4.69, 9.17) is 16.6 Å². The first-order chi connectivity index (χ1) is 13.2. The van der Waals surface area contributed by atoms with Crippen LogP contribution in [-0.2, 0) is 13.1 Å². The van der Waals surface area contributed by atoms with E-state index in [2.05, 4.69) is 48.7 Å². The quantitative estimate of drug-likeness (QED) is 0.473. The van der Waals surface area contributed by atoms with Crippen LogP contribution >= 0.6 is 27.5 Å². The van der Waals surface area contributed by atoms with Crippen molar-refractivity contribution in [2.45, 2.75) is 13.1 Å². The molecule has 1 aliphatic heterocycles. The standard InChI is InChI=1S/C20H17BrClN5/c1-2-10-23-11-17-25-26-18-12-24-20(13-6-3-4-8-15(13)22)19-14(21)7-5-9-16(19)27(17)18/h2-9,23H,1,10-12H2. The van der Waals surface area contributed by atoms with Crippen LogP contribution in [0.25, 0.3) is 5.69 Å². The zero-order chi connectivity index (χ0) is 18.8. The van der Waals surface area contributed by atoms with Crippen molar-refractivity contribution in [1.29, 1.82) is 0 Å². The minimum Gasteiger partial charge on any atom is -0.306 e. The van der Waals surface area contributed by atoms with Crippen LogP contribution in [0.3, 0.4) is 0 Å². The molecule has 1 N–H and O–H groups in total. The summed E-state index contributed by atoms with van der Waals surface area (Å²) >= 11 is 10.2. The Labute approximate surface area is 170 Å². The minimum atomic E-state index is 0.427. The summed E-state index contributed by atoms with van der Waals surface area (Å²) in [4.78, 5) is 4.85. The molecular weight excluding hydrogens is 426 g/mol. The van der Waals surface area contributed by atoms with Gasteiger partial charge in [-0.15, -0.1) is 16.8 Å². The lowest BCUT2D eigenvalue weighted by atomic mass is 10.0. The number of nitrogens with zero attached hydrogens (tertiary/aromatic N) is 4. The highest BCUT2D eigenvalue weighted by molar-refractivity contribution is 9.10. The third kappa shape index (κ3) is 3.36. The Kier molecular flexibility index (Phi) is 5.20. The van der Waals surface area contributed by atoms with E-state index in [1.807, 2.05) is 42.5 Å². The van der Waals surface area contributed by atoms with E-state index >= 15 is 0 Å². The molecule has 1 aliphatic rings. The summed E-state index contributed by atoms with van der Waals surface area (Å²) in [6.07, 6.45) is 1.82. The number of aliphatic imine (C=N–C) groups is 1. The van der Waals surface area contributed by atoms with Crippen molar-refractivity contribution < 1.29 is 0 Å². The van der Waals surface area contributed by atoms with Crippen molar-refractivity contribution >= 4 is 33.2 Å². The fourth-order valence-corrected chi connectivity index (χ4v) is 3.94. The molecule has 27 heavy (non-hydrogen) atoms. The molecule has 2 heterocycles. The lowest BCUT2D eigenvalue weighted by Crippen LogP contribution is -2.18. The predicted octanol–water partition coefficient (Wildman–Crippen LogP) is 4.31. The molecule has 5 nitrogen and oxygen atoms in total. The van der Waals surface area contributed by atoms with Gasteiger partial charge in [-0.25, -0.2) is 0 Å². The molecule has 1 aromatic heterocycles. The van der Waals surface area contributed by atoms with Crippen LogP contribution in [0.2, 0.25) is 5.02 Å². The Bertz CT molecular complexity index is 1040. The first-order valence-corrected chi connectivity index (χ1v) is 9.71. The first-order valence-electron chi connectivity index (χ1n) is 8.54. The molecule has 0 unspecified atom stereocenters. The summed E-state index contributed by atoms with van der Waals surface area (Å²) in [6.45, 7) is 5.46. The lowest BCUT2D eigenvalue weighted by molar-refractivity contribution is 0.696. The number of hydrogen-bond acceptors (Lipinski definition) is 4. The van der Waals surface area contributed by atoms with Crippen LogP contribution in [0.5, 0.6) is 0 Å².